The molecule has 2 heterocycles. The number of hydrogen-bond donors (Lipinski definition) is 0. The van der Waals surface area contributed by atoms with Gasteiger partial charge in [0.25, 0.3) is 5.91 Å². The number of amides is 1. The number of hydrogen-bond acceptors (Lipinski definition) is 5. The number of halogens is 3. The molecule has 1 aromatic carbocycles. The summed E-state index contributed by atoms with van der Waals surface area (Å²) in [7, 11) is -3.37. The van der Waals surface area contributed by atoms with E-state index < -0.39 is 27.7 Å². The van der Waals surface area contributed by atoms with Crippen molar-refractivity contribution in [2.24, 2.45) is 0 Å². The second-order valence-electron chi connectivity index (χ2n) is 5.61. The minimum atomic E-state index is -4.60. The van der Waals surface area contributed by atoms with Crippen LogP contribution >= 0.6 is 0 Å². The van der Waals surface area contributed by atoms with Crippen molar-refractivity contribution >= 4 is 15.7 Å². The lowest BCUT2D eigenvalue weighted by atomic mass is 10.2. The van der Waals surface area contributed by atoms with Crippen LogP contribution in [0.5, 0.6) is 0 Å². The fourth-order valence-electron chi connectivity index (χ4n) is 2.57. The van der Waals surface area contributed by atoms with Gasteiger partial charge in [0.2, 0.25) is 5.82 Å². The summed E-state index contributed by atoms with van der Waals surface area (Å²) in [5.74, 6) is -1.44. The van der Waals surface area contributed by atoms with Gasteiger partial charge in [-0.15, -0.1) is 10.2 Å². The van der Waals surface area contributed by atoms with Gasteiger partial charge in [-0.3, -0.25) is 4.79 Å². The minimum absolute atomic E-state index is 0.0553. The highest BCUT2D eigenvalue weighted by Gasteiger charge is 2.39. The number of benzene rings is 1. The standard InChI is InChI=1S/C14H13F3N4O3S/c1-25(23,24)10-4-2-9(3-5-10)12(22)20-6-7-21-11(8-20)18-19-13(21)14(15,16)17/h2-5H,6-8H2,1H3. The molecule has 2 aromatic rings. The number of rotatable bonds is 2. The first-order valence-corrected chi connectivity index (χ1v) is 9.05. The Morgan fingerprint density at radius 2 is 1.76 bits per heavy atom. The molecule has 0 unspecified atom stereocenters. The average Bonchev–Trinajstić information content (AvgIpc) is 2.96. The summed E-state index contributed by atoms with van der Waals surface area (Å²) in [6.07, 6.45) is -3.54. The van der Waals surface area contributed by atoms with E-state index in [2.05, 4.69) is 10.2 Å². The topological polar surface area (TPSA) is 85.2 Å². The molecule has 25 heavy (non-hydrogen) atoms. The van der Waals surface area contributed by atoms with E-state index in [4.69, 9.17) is 0 Å². The van der Waals surface area contributed by atoms with Gasteiger partial charge in [0.15, 0.2) is 15.7 Å². The Hall–Kier alpha value is -2.43. The van der Waals surface area contributed by atoms with Gasteiger partial charge in [0.05, 0.1) is 11.4 Å². The summed E-state index contributed by atoms with van der Waals surface area (Å²) in [5, 5.41) is 6.67. The quantitative estimate of drug-likeness (QED) is 0.792. The zero-order valence-corrected chi connectivity index (χ0v) is 13.8. The monoisotopic (exact) mass is 374 g/mol. The maximum Gasteiger partial charge on any atom is 0.451 e. The fraction of sp³-hybridized carbons (Fsp3) is 0.357. The third kappa shape index (κ3) is 3.36. The van der Waals surface area contributed by atoms with Crippen molar-refractivity contribution in [3.8, 4) is 0 Å². The highest BCUT2D eigenvalue weighted by Crippen LogP contribution is 2.29. The molecule has 3 rings (SSSR count). The van der Waals surface area contributed by atoms with Crippen LogP contribution in [-0.4, -0.2) is 46.8 Å². The van der Waals surface area contributed by atoms with E-state index in [0.717, 1.165) is 10.8 Å². The first kappa shape index (κ1) is 17.4. The second-order valence-corrected chi connectivity index (χ2v) is 7.63. The number of nitrogens with zero attached hydrogens (tertiary/aromatic N) is 4. The maximum atomic E-state index is 12.8. The normalized spacial score (nSPS) is 15.1. The molecule has 0 saturated heterocycles. The Morgan fingerprint density at radius 1 is 1.12 bits per heavy atom. The van der Waals surface area contributed by atoms with Crippen molar-refractivity contribution in [3.05, 3.63) is 41.5 Å². The number of aromatic nitrogens is 3. The lowest BCUT2D eigenvalue weighted by Gasteiger charge is -2.28. The van der Waals surface area contributed by atoms with Crippen molar-refractivity contribution in [2.45, 2.75) is 24.2 Å². The molecule has 1 amide bonds. The Morgan fingerprint density at radius 3 is 2.32 bits per heavy atom. The van der Waals surface area contributed by atoms with Crippen LogP contribution in [0.15, 0.2) is 29.2 Å². The van der Waals surface area contributed by atoms with E-state index in [1.54, 1.807) is 0 Å². The molecular weight excluding hydrogens is 361 g/mol. The molecule has 7 nitrogen and oxygen atoms in total. The summed E-state index contributed by atoms with van der Waals surface area (Å²) in [6.45, 7) is -0.0964. The van der Waals surface area contributed by atoms with Crippen LogP contribution in [0.3, 0.4) is 0 Å². The maximum absolute atomic E-state index is 12.8. The second kappa shape index (κ2) is 5.83. The molecule has 1 aliphatic rings. The van der Waals surface area contributed by atoms with Crippen molar-refractivity contribution in [3.63, 3.8) is 0 Å². The van der Waals surface area contributed by atoms with Gasteiger partial charge in [-0.2, -0.15) is 13.2 Å². The van der Waals surface area contributed by atoms with Gasteiger partial charge in [0, 0.05) is 24.9 Å². The summed E-state index contributed by atoms with van der Waals surface area (Å²) >= 11 is 0. The van der Waals surface area contributed by atoms with Gasteiger partial charge in [-0.1, -0.05) is 0 Å². The van der Waals surface area contributed by atoms with Crippen LogP contribution < -0.4 is 0 Å². The molecule has 0 aliphatic carbocycles. The predicted octanol–water partition coefficient (Wildman–Crippen LogP) is 1.36. The van der Waals surface area contributed by atoms with Gasteiger partial charge in [-0.05, 0) is 24.3 Å². The molecule has 0 bridgehead atoms. The molecular formula is C14H13F3N4O3S. The minimum Gasteiger partial charge on any atom is -0.329 e. The van der Waals surface area contributed by atoms with Gasteiger partial charge < -0.3 is 9.47 Å². The van der Waals surface area contributed by atoms with E-state index in [1.165, 1.54) is 29.2 Å². The summed E-state index contributed by atoms with van der Waals surface area (Å²) in [5.41, 5.74) is 0.247. The van der Waals surface area contributed by atoms with Crippen LogP contribution in [0.25, 0.3) is 0 Å². The fourth-order valence-corrected chi connectivity index (χ4v) is 3.20. The van der Waals surface area contributed by atoms with Crippen LogP contribution in [0.1, 0.15) is 22.0 Å². The lowest BCUT2D eigenvalue weighted by Crippen LogP contribution is -2.39. The number of sulfone groups is 1. The van der Waals surface area contributed by atoms with E-state index in [9.17, 15) is 26.4 Å². The summed E-state index contributed by atoms with van der Waals surface area (Å²) < 4.78 is 62.3. The molecule has 0 fully saturated rings. The molecule has 0 N–H and O–H groups in total. The van der Waals surface area contributed by atoms with Gasteiger partial charge in [-0.25, -0.2) is 8.42 Å². The molecule has 1 aromatic heterocycles. The highest BCUT2D eigenvalue weighted by molar-refractivity contribution is 7.90. The van der Waals surface area contributed by atoms with E-state index in [1.807, 2.05) is 0 Å². The number of carbonyl (C=O) groups excluding carboxylic acids is 1. The van der Waals surface area contributed by atoms with E-state index >= 15 is 0 Å². The van der Waals surface area contributed by atoms with Crippen LogP contribution in [0, 0.1) is 0 Å². The zero-order valence-electron chi connectivity index (χ0n) is 13.0. The number of alkyl halides is 3. The first-order valence-electron chi connectivity index (χ1n) is 7.16. The van der Waals surface area contributed by atoms with Crippen LogP contribution in [-0.2, 0) is 29.1 Å². The van der Waals surface area contributed by atoms with Crippen molar-refractivity contribution in [2.75, 3.05) is 12.8 Å². The zero-order chi connectivity index (χ0) is 18.4. The smallest absolute Gasteiger partial charge is 0.329 e. The Labute approximate surface area is 141 Å². The largest absolute Gasteiger partial charge is 0.451 e. The summed E-state index contributed by atoms with van der Waals surface area (Å²) in [6, 6.07) is 5.38. The Kier molecular flexibility index (Phi) is 4.06. The van der Waals surface area contributed by atoms with E-state index in [-0.39, 0.29) is 35.9 Å². The first-order chi connectivity index (χ1) is 11.6. The third-order valence-corrected chi connectivity index (χ3v) is 4.95. The van der Waals surface area contributed by atoms with Crippen molar-refractivity contribution in [1.82, 2.24) is 19.7 Å². The average molecular weight is 374 g/mol. The molecule has 0 spiro atoms. The Balaban J connectivity index is 1.80. The summed E-state index contributed by atoms with van der Waals surface area (Å²) in [4.78, 5) is 13.9. The molecule has 0 atom stereocenters. The van der Waals surface area contributed by atoms with Crippen LogP contribution in [0.4, 0.5) is 13.2 Å². The Bertz CT molecular complexity index is 920. The van der Waals surface area contributed by atoms with Crippen LogP contribution in [0.2, 0.25) is 0 Å². The van der Waals surface area contributed by atoms with Crippen molar-refractivity contribution in [1.29, 1.82) is 0 Å². The third-order valence-electron chi connectivity index (χ3n) is 3.82. The molecule has 1 aliphatic heterocycles. The SMILES string of the molecule is CS(=O)(=O)c1ccc(C(=O)N2CCn3c(nnc3C(F)(F)F)C2)cc1. The molecule has 134 valence electrons. The number of carbonyl (C=O) groups is 1. The predicted molar refractivity (Wildman–Crippen MR) is 79.3 cm³/mol. The molecule has 11 heteroatoms. The van der Waals surface area contributed by atoms with Crippen molar-refractivity contribution < 1.29 is 26.4 Å². The van der Waals surface area contributed by atoms with Gasteiger partial charge >= 0.3 is 6.18 Å². The molecule has 0 radical (unpaired) electrons. The highest BCUT2D eigenvalue weighted by atomic mass is 32.2. The van der Waals surface area contributed by atoms with E-state index in [0.29, 0.717) is 0 Å². The number of fused-ring (bicyclic) bond motifs is 1. The van der Waals surface area contributed by atoms with Gasteiger partial charge in [0.1, 0.15) is 0 Å². The molecule has 0 saturated carbocycles. The lowest BCUT2D eigenvalue weighted by molar-refractivity contribution is -0.147.